The molecule has 0 radical (unpaired) electrons. The highest BCUT2D eigenvalue weighted by molar-refractivity contribution is 7.89. The Morgan fingerprint density at radius 3 is 2.68 bits per heavy atom. The summed E-state index contributed by atoms with van der Waals surface area (Å²) in [6, 6.07) is 7.09. The van der Waals surface area contributed by atoms with E-state index in [-0.39, 0.29) is 17.7 Å². The number of nitrogens with one attached hydrogen (secondary N) is 1. The first kappa shape index (κ1) is 17.0. The molecule has 2 rings (SSSR count). The standard InChI is InChI=1S/C17H25NO3S/c1-12-6-4-9-16(13(12)2)18-17(19)15-8-5-7-14(10-15)11-22(3,20)21/h5,7-8,10,12-13,16H,4,6,9,11H2,1-3H3,(H,18,19). The molecule has 22 heavy (non-hydrogen) atoms. The summed E-state index contributed by atoms with van der Waals surface area (Å²) < 4.78 is 22.8. The lowest BCUT2D eigenvalue weighted by molar-refractivity contribution is 0.0891. The maximum Gasteiger partial charge on any atom is 0.251 e. The molecule has 4 nitrogen and oxygen atoms in total. The second-order valence-corrected chi connectivity index (χ2v) is 8.76. The molecular formula is C17H25NO3S. The lowest BCUT2D eigenvalue weighted by Crippen LogP contribution is -2.43. The van der Waals surface area contributed by atoms with E-state index in [1.165, 1.54) is 12.7 Å². The van der Waals surface area contributed by atoms with Crippen LogP contribution in [0.2, 0.25) is 0 Å². The summed E-state index contributed by atoms with van der Waals surface area (Å²) in [4.78, 5) is 12.4. The van der Waals surface area contributed by atoms with Crippen LogP contribution in [-0.4, -0.2) is 26.6 Å². The minimum absolute atomic E-state index is 0.0367. The van der Waals surface area contributed by atoms with E-state index >= 15 is 0 Å². The summed E-state index contributed by atoms with van der Waals surface area (Å²) in [6.45, 7) is 4.42. The lowest BCUT2D eigenvalue weighted by atomic mass is 9.78. The number of amides is 1. The van der Waals surface area contributed by atoms with Crippen LogP contribution in [0.5, 0.6) is 0 Å². The van der Waals surface area contributed by atoms with E-state index in [9.17, 15) is 13.2 Å². The zero-order chi connectivity index (χ0) is 16.3. The van der Waals surface area contributed by atoms with E-state index in [2.05, 4.69) is 19.2 Å². The van der Waals surface area contributed by atoms with Crippen LogP contribution >= 0.6 is 0 Å². The minimum atomic E-state index is -3.09. The molecule has 1 amide bonds. The van der Waals surface area contributed by atoms with E-state index in [0.717, 1.165) is 12.8 Å². The summed E-state index contributed by atoms with van der Waals surface area (Å²) in [7, 11) is -3.09. The zero-order valence-corrected chi connectivity index (χ0v) is 14.3. The lowest BCUT2D eigenvalue weighted by Gasteiger charge is -2.34. The number of benzene rings is 1. The molecule has 0 saturated heterocycles. The summed E-state index contributed by atoms with van der Waals surface area (Å²) in [5.74, 6) is 0.944. The van der Waals surface area contributed by atoms with Crippen LogP contribution in [0, 0.1) is 11.8 Å². The molecule has 1 aromatic carbocycles. The minimum Gasteiger partial charge on any atom is -0.349 e. The number of carbonyl (C=O) groups is 1. The van der Waals surface area contributed by atoms with Gasteiger partial charge in [0.2, 0.25) is 0 Å². The van der Waals surface area contributed by atoms with Crippen molar-refractivity contribution in [3.05, 3.63) is 35.4 Å². The van der Waals surface area contributed by atoms with Crippen LogP contribution in [0.3, 0.4) is 0 Å². The summed E-state index contributed by atoms with van der Waals surface area (Å²) in [5.41, 5.74) is 1.19. The average Bonchev–Trinajstić information content (AvgIpc) is 2.42. The van der Waals surface area contributed by atoms with Gasteiger partial charge in [0.25, 0.3) is 5.91 Å². The second-order valence-electron chi connectivity index (χ2n) is 6.62. The Morgan fingerprint density at radius 1 is 1.27 bits per heavy atom. The Balaban J connectivity index is 2.08. The average molecular weight is 323 g/mol. The Kier molecular flexibility index (Phi) is 5.27. The van der Waals surface area contributed by atoms with Gasteiger partial charge in [-0.25, -0.2) is 8.42 Å². The molecule has 0 aliphatic heterocycles. The molecule has 5 heteroatoms. The van der Waals surface area contributed by atoms with E-state index < -0.39 is 9.84 Å². The number of rotatable bonds is 4. The fourth-order valence-electron chi connectivity index (χ4n) is 3.14. The summed E-state index contributed by atoms with van der Waals surface area (Å²) in [5, 5.41) is 3.12. The van der Waals surface area contributed by atoms with Crippen molar-refractivity contribution in [2.45, 2.75) is 44.9 Å². The molecule has 3 atom stereocenters. The van der Waals surface area contributed by atoms with Gasteiger partial charge in [0.05, 0.1) is 5.75 Å². The van der Waals surface area contributed by atoms with Crippen LogP contribution in [0.1, 0.15) is 49.0 Å². The maximum absolute atomic E-state index is 12.4. The molecular weight excluding hydrogens is 298 g/mol. The van der Waals surface area contributed by atoms with Crippen LogP contribution < -0.4 is 5.32 Å². The highest BCUT2D eigenvalue weighted by atomic mass is 32.2. The third-order valence-corrected chi connectivity index (χ3v) is 5.50. The van der Waals surface area contributed by atoms with E-state index in [1.807, 2.05) is 0 Å². The normalized spacial score (nSPS) is 25.7. The van der Waals surface area contributed by atoms with Gasteiger partial charge in [-0.15, -0.1) is 0 Å². The Bertz CT molecular complexity index is 639. The van der Waals surface area contributed by atoms with Crippen molar-refractivity contribution in [2.24, 2.45) is 11.8 Å². The SMILES string of the molecule is CC1CCCC(NC(=O)c2cccc(CS(C)(=O)=O)c2)C1C. The second kappa shape index (κ2) is 6.82. The third-order valence-electron chi connectivity index (χ3n) is 4.64. The fourth-order valence-corrected chi connectivity index (χ4v) is 3.93. The summed E-state index contributed by atoms with van der Waals surface area (Å²) in [6.07, 6.45) is 4.58. The number of sulfone groups is 1. The highest BCUT2D eigenvalue weighted by Gasteiger charge is 2.28. The van der Waals surface area contributed by atoms with Gasteiger partial charge in [0.1, 0.15) is 0 Å². The van der Waals surface area contributed by atoms with Crippen LogP contribution in [0.4, 0.5) is 0 Å². The molecule has 1 aliphatic rings. The molecule has 1 fully saturated rings. The van der Waals surface area contributed by atoms with Crippen molar-refractivity contribution in [1.82, 2.24) is 5.32 Å². The molecule has 0 heterocycles. The predicted octanol–water partition coefficient (Wildman–Crippen LogP) is 2.79. The molecule has 1 aromatic rings. The maximum atomic E-state index is 12.4. The third kappa shape index (κ3) is 4.57. The molecule has 0 aromatic heterocycles. The molecule has 1 N–H and O–H groups in total. The van der Waals surface area contributed by atoms with Crippen LogP contribution in [0.15, 0.2) is 24.3 Å². The topological polar surface area (TPSA) is 63.2 Å². The Morgan fingerprint density at radius 2 is 2.00 bits per heavy atom. The monoisotopic (exact) mass is 323 g/mol. The first-order valence-corrected chi connectivity index (χ1v) is 9.90. The number of carbonyl (C=O) groups excluding carboxylic acids is 1. The first-order valence-electron chi connectivity index (χ1n) is 7.84. The zero-order valence-electron chi connectivity index (χ0n) is 13.5. The first-order chi connectivity index (χ1) is 10.3. The highest BCUT2D eigenvalue weighted by Crippen LogP contribution is 2.29. The molecule has 1 saturated carbocycles. The van der Waals surface area contributed by atoms with Gasteiger partial charge in [-0.1, -0.05) is 38.8 Å². The van der Waals surface area contributed by atoms with Crippen molar-refractivity contribution < 1.29 is 13.2 Å². The van der Waals surface area contributed by atoms with Gasteiger partial charge in [-0.05, 0) is 36.0 Å². The molecule has 122 valence electrons. The van der Waals surface area contributed by atoms with Crippen LogP contribution in [0.25, 0.3) is 0 Å². The summed E-state index contributed by atoms with van der Waals surface area (Å²) >= 11 is 0. The van der Waals surface area contributed by atoms with Gasteiger partial charge in [0.15, 0.2) is 9.84 Å². The van der Waals surface area contributed by atoms with E-state index in [4.69, 9.17) is 0 Å². The molecule has 3 unspecified atom stereocenters. The number of hydrogen-bond acceptors (Lipinski definition) is 3. The molecule has 0 bridgehead atoms. The van der Waals surface area contributed by atoms with Crippen molar-refractivity contribution in [3.63, 3.8) is 0 Å². The van der Waals surface area contributed by atoms with Crippen LogP contribution in [-0.2, 0) is 15.6 Å². The Hall–Kier alpha value is -1.36. The van der Waals surface area contributed by atoms with Gasteiger partial charge in [-0.2, -0.15) is 0 Å². The molecule has 0 spiro atoms. The van der Waals surface area contributed by atoms with Gasteiger partial charge in [-0.3, -0.25) is 4.79 Å². The van der Waals surface area contributed by atoms with Crippen molar-refractivity contribution >= 4 is 15.7 Å². The predicted molar refractivity (Wildman–Crippen MR) is 88.4 cm³/mol. The molecule has 1 aliphatic carbocycles. The number of hydrogen-bond donors (Lipinski definition) is 1. The smallest absolute Gasteiger partial charge is 0.251 e. The quantitative estimate of drug-likeness (QED) is 0.926. The fraction of sp³-hybridized carbons (Fsp3) is 0.588. The van der Waals surface area contributed by atoms with Gasteiger partial charge >= 0.3 is 0 Å². The van der Waals surface area contributed by atoms with Gasteiger partial charge < -0.3 is 5.32 Å². The van der Waals surface area contributed by atoms with Gasteiger partial charge in [0, 0.05) is 17.9 Å². The van der Waals surface area contributed by atoms with E-state index in [1.54, 1.807) is 24.3 Å². The largest absolute Gasteiger partial charge is 0.349 e. The van der Waals surface area contributed by atoms with Crippen molar-refractivity contribution in [2.75, 3.05) is 6.26 Å². The Labute approximate surface area is 133 Å². The van der Waals surface area contributed by atoms with Crippen molar-refractivity contribution in [3.8, 4) is 0 Å². The van der Waals surface area contributed by atoms with Crippen molar-refractivity contribution in [1.29, 1.82) is 0 Å². The van der Waals surface area contributed by atoms with E-state index in [0.29, 0.717) is 23.0 Å².